The number of halogens is 1. The first-order valence-corrected chi connectivity index (χ1v) is 9.16. The number of nitrogens with zero attached hydrogens (tertiary/aromatic N) is 2. The SMILES string of the molecule is COc1ccc(N[C@H](c2ccccc2)c2nnc(-c3ccccc3Cl)o2)cc1. The average Bonchev–Trinajstić information content (AvgIpc) is 3.23. The maximum atomic E-state index is 6.27. The van der Waals surface area contributed by atoms with E-state index in [1.165, 1.54) is 0 Å². The van der Waals surface area contributed by atoms with Crippen molar-refractivity contribution in [2.75, 3.05) is 12.4 Å². The van der Waals surface area contributed by atoms with Crippen LogP contribution in [-0.4, -0.2) is 17.3 Å². The molecule has 0 saturated heterocycles. The summed E-state index contributed by atoms with van der Waals surface area (Å²) in [6, 6.07) is 24.7. The summed E-state index contributed by atoms with van der Waals surface area (Å²) in [5.74, 6) is 1.63. The molecule has 0 bridgehead atoms. The van der Waals surface area contributed by atoms with Crippen molar-refractivity contribution in [3.63, 3.8) is 0 Å². The molecule has 0 amide bonds. The van der Waals surface area contributed by atoms with Crippen molar-refractivity contribution in [2.24, 2.45) is 0 Å². The van der Waals surface area contributed by atoms with Crippen LogP contribution in [-0.2, 0) is 0 Å². The predicted octanol–water partition coefficient (Wildman–Crippen LogP) is 5.60. The Balaban J connectivity index is 1.69. The number of hydrogen-bond donors (Lipinski definition) is 1. The number of rotatable bonds is 6. The lowest BCUT2D eigenvalue weighted by Crippen LogP contribution is -2.12. The molecule has 1 atom stereocenters. The van der Waals surface area contributed by atoms with E-state index in [1.54, 1.807) is 13.2 Å². The van der Waals surface area contributed by atoms with Gasteiger partial charge < -0.3 is 14.5 Å². The van der Waals surface area contributed by atoms with Gasteiger partial charge in [-0.25, -0.2) is 0 Å². The van der Waals surface area contributed by atoms with Gasteiger partial charge in [0.1, 0.15) is 11.8 Å². The molecule has 4 aromatic rings. The number of aromatic nitrogens is 2. The zero-order valence-corrected chi connectivity index (χ0v) is 15.9. The van der Waals surface area contributed by atoms with Crippen LogP contribution in [0.15, 0.2) is 83.3 Å². The molecule has 1 N–H and O–H groups in total. The molecule has 28 heavy (non-hydrogen) atoms. The van der Waals surface area contributed by atoms with Gasteiger partial charge in [0, 0.05) is 5.69 Å². The smallest absolute Gasteiger partial charge is 0.249 e. The molecule has 0 aliphatic heterocycles. The molecule has 5 nitrogen and oxygen atoms in total. The number of benzene rings is 3. The van der Waals surface area contributed by atoms with Crippen molar-refractivity contribution < 1.29 is 9.15 Å². The van der Waals surface area contributed by atoms with E-state index < -0.39 is 0 Å². The standard InChI is InChI=1S/C22H18ClN3O2/c1-27-17-13-11-16(12-14-17)24-20(15-7-3-2-4-8-15)22-26-25-21(28-22)18-9-5-6-10-19(18)23/h2-14,20,24H,1H3/t20-/m1/s1. The Labute approximate surface area is 168 Å². The molecule has 1 aromatic heterocycles. The van der Waals surface area contributed by atoms with E-state index in [9.17, 15) is 0 Å². The highest BCUT2D eigenvalue weighted by atomic mass is 35.5. The molecule has 140 valence electrons. The number of anilines is 1. The van der Waals surface area contributed by atoms with Gasteiger partial charge in [0.05, 0.1) is 17.7 Å². The quantitative estimate of drug-likeness (QED) is 0.463. The van der Waals surface area contributed by atoms with Crippen molar-refractivity contribution in [1.82, 2.24) is 10.2 Å². The highest BCUT2D eigenvalue weighted by Crippen LogP contribution is 2.31. The van der Waals surface area contributed by atoms with Gasteiger partial charge in [-0.15, -0.1) is 10.2 Å². The van der Waals surface area contributed by atoms with Crippen LogP contribution < -0.4 is 10.1 Å². The Morgan fingerprint density at radius 3 is 2.32 bits per heavy atom. The Hall–Kier alpha value is -3.31. The summed E-state index contributed by atoms with van der Waals surface area (Å²) in [5, 5.41) is 12.5. The van der Waals surface area contributed by atoms with E-state index in [2.05, 4.69) is 15.5 Å². The largest absolute Gasteiger partial charge is 0.497 e. The molecular formula is C22H18ClN3O2. The van der Waals surface area contributed by atoms with Crippen LogP contribution in [0, 0.1) is 0 Å². The molecule has 4 rings (SSSR count). The highest BCUT2D eigenvalue weighted by molar-refractivity contribution is 6.33. The minimum absolute atomic E-state index is 0.307. The molecule has 0 radical (unpaired) electrons. The van der Waals surface area contributed by atoms with Gasteiger partial charge in [0.15, 0.2) is 0 Å². The molecule has 0 saturated carbocycles. The lowest BCUT2D eigenvalue weighted by atomic mass is 10.1. The van der Waals surface area contributed by atoms with Crippen LogP contribution in [0.25, 0.3) is 11.5 Å². The lowest BCUT2D eigenvalue weighted by molar-refractivity contribution is 0.415. The van der Waals surface area contributed by atoms with Gasteiger partial charge in [0.2, 0.25) is 11.8 Å². The van der Waals surface area contributed by atoms with Gasteiger partial charge in [-0.05, 0) is 42.0 Å². The second-order valence-electron chi connectivity index (χ2n) is 6.14. The fourth-order valence-electron chi connectivity index (χ4n) is 2.88. The maximum absolute atomic E-state index is 6.27. The van der Waals surface area contributed by atoms with Gasteiger partial charge >= 0.3 is 0 Å². The molecule has 6 heteroatoms. The van der Waals surface area contributed by atoms with Gasteiger partial charge in [-0.2, -0.15) is 0 Å². The maximum Gasteiger partial charge on any atom is 0.249 e. The number of hydrogen-bond acceptors (Lipinski definition) is 5. The highest BCUT2D eigenvalue weighted by Gasteiger charge is 2.22. The fourth-order valence-corrected chi connectivity index (χ4v) is 3.10. The van der Waals surface area contributed by atoms with Crippen molar-refractivity contribution in [2.45, 2.75) is 6.04 Å². The first-order valence-electron chi connectivity index (χ1n) is 8.78. The monoisotopic (exact) mass is 391 g/mol. The average molecular weight is 392 g/mol. The van der Waals surface area contributed by atoms with Gasteiger partial charge in [-0.1, -0.05) is 54.1 Å². The van der Waals surface area contributed by atoms with Crippen LogP contribution >= 0.6 is 11.6 Å². The summed E-state index contributed by atoms with van der Waals surface area (Å²) in [6.07, 6.45) is 0. The Morgan fingerprint density at radius 1 is 0.893 bits per heavy atom. The Bertz CT molecular complexity index is 1050. The zero-order valence-electron chi connectivity index (χ0n) is 15.2. The third-order valence-electron chi connectivity index (χ3n) is 4.33. The number of methoxy groups -OCH3 is 1. The second-order valence-corrected chi connectivity index (χ2v) is 6.55. The van der Waals surface area contributed by atoms with Crippen LogP contribution in [0.3, 0.4) is 0 Å². The zero-order chi connectivity index (χ0) is 19.3. The summed E-state index contributed by atoms with van der Waals surface area (Å²) in [7, 11) is 1.64. The molecule has 0 fully saturated rings. The lowest BCUT2D eigenvalue weighted by Gasteiger charge is -2.17. The molecule has 0 aliphatic rings. The minimum Gasteiger partial charge on any atom is -0.497 e. The topological polar surface area (TPSA) is 60.2 Å². The molecular weight excluding hydrogens is 374 g/mol. The summed E-state index contributed by atoms with van der Waals surface area (Å²) < 4.78 is 11.2. The number of nitrogens with one attached hydrogen (secondary N) is 1. The third-order valence-corrected chi connectivity index (χ3v) is 4.66. The van der Waals surface area contributed by atoms with Crippen molar-refractivity contribution in [3.8, 4) is 17.2 Å². The van der Waals surface area contributed by atoms with E-state index >= 15 is 0 Å². The van der Waals surface area contributed by atoms with Crippen LogP contribution in [0.2, 0.25) is 5.02 Å². The number of ether oxygens (including phenoxy) is 1. The molecule has 0 aliphatic carbocycles. The van der Waals surface area contributed by atoms with Gasteiger partial charge in [0.25, 0.3) is 0 Å². The van der Waals surface area contributed by atoms with Crippen molar-refractivity contribution >= 4 is 17.3 Å². The van der Waals surface area contributed by atoms with E-state index in [0.29, 0.717) is 22.4 Å². The van der Waals surface area contributed by atoms with E-state index in [0.717, 1.165) is 17.0 Å². The van der Waals surface area contributed by atoms with Crippen LogP contribution in [0.5, 0.6) is 5.75 Å². The third kappa shape index (κ3) is 3.85. The van der Waals surface area contributed by atoms with Crippen molar-refractivity contribution in [3.05, 3.63) is 95.3 Å². The van der Waals surface area contributed by atoms with Crippen molar-refractivity contribution in [1.29, 1.82) is 0 Å². The first-order chi connectivity index (χ1) is 13.7. The summed E-state index contributed by atoms with van der Waals surface area (Å²) in [6.45, 7) is 0. The summed E-state index contributed by atoms with van der Waals surface area (Å²) >= 11 is 6.27. The van der Waals surface area contributed by atoms with E-state index in [1.807, 2.05) is 72.8 Å². The first kappa shape index (κ1) is 18.1. The molecule has 1 heterocycles. The molecule has 0 spiro atoms. The predicted molar refractivity (Wildman–Crippen MR) is 110 cm³/mol. The van der Waals surface area contributed by atoms with E-state index in [4.69, 9.17) is 20.8 Å². The molecule has 3 aromatic carbocycles. The van der Waals surface area contributed by atoms with Gasteiger partial charge in [-0.3, -0.25) is 0 Å². The minimum atomic E-state index is -0.307. The normalized spacial score (nSPS) is 11.8. The Morgan fingerprint density at radius 2 is 1.61 bits per heavy atom. The molecule has 0 unspecified atom stereocenters. The van der Waals surface area contributed by atoms with Crippen LogP contribution in [0.1, 0.15) is 17.5 Å². The second kappa shape index (κ2) is 8.15. The van der Waals surface area contributed by atoms with E-state index in [-0.39, 0.29) is 6.04 Å². The van der Waals surface area contributed by atoms with Crippen LogP contribution in [0.4, 0.5) is 5.69 Å². The summed E-state index contributed by atoms with van der Waals surface area (Å²) in [5.41, 5.74) is 2.62. The fraction of sp³-hybridized carbons (Fsp3) is 0.0909. The summed E-state index contributed by atoms with van der Waals surface area (Å²) in [4.78, 5) is 0. The Kier molecular flexibility index (Phi) is 5.26.